The van der Waals surface area contributed by atoms with Crippen LogP contribution in [0.2, 0.25) is 0 Å². The molecule has 234 valence electrons. The molecule has 0 fully saturated rings. The van der Waals surface area contributed by atoms with Crippen LogP contribution in [0.25, 0.3) is 0 Å². The fraction of sp³-hybridized carbons (Fsp3) is 0. The molecule has 0 atom stereocenters. The zero-order valence-electron chi connectivity index (χ0n) is 26.3. The van der Waals surface area contributed by atoms with Gasteiger partial charge in [0, 0.05) is 68.2 Å². The molecule has 0 radical (unpaired) electrons. The maximum atomic E-state index is 3.49. The zero-order chi connectivity index (χ0) is 32.4. The number of para-hydroxylation sites is 2. The van der Waals surface area contributed by atoms with Gasteiger partial charge in [-0.2, -0.15) is 0 Å². The molecule has 6 nitrogen and oxygen atoms in total. The van der Waals surface area contributed by atoms with Gasteiger partial charge in [-0.1, -0.05) is 36.4 Å². The van der Waals surface area contributed by atoms with Gasteiger partial charge in [0.1, 0.15) is 0 Å². The van der Waals surface area contributed by atoms with Gasteiger partial charge in [-0.25, -0.2) is 0 Å². The molecule has 7 aromatic rings. The van der Waals surface area contributed by atoms with Gasteiger partial charge in [0.2, 0.25) is 0 Å². The first kappa shape index (κ1) is 30.0. The normalized spacial score (nSPS) is 10.5. The van der Waals surface area contributed by atoms with E-state index in [1.165, 1.54) is 0 Å². The van der Waals surface area contributed by atoms with Crippen molar-refractivity contribution < 1.29 is 0 Å². The summed E-state index contributed by atoms with van der Waals surface area (Å²) in [6, 6.07) is 61.8. The molecule has 0 spiro atoms. The van der Waals surface area contributed by atoms with Crippen molar-refractivity contribution in [1.82, 2.24) is 0 Å². The lowest BCUT2D eigenvalue weighted by Gasteiger charge is -2.12. The van der Waals surface area contributed by atoms with E-state index in [1.54, 1.807) is 0 Å². The highest BCUT2D eigenvalue weighted by Crippen LogP contribution is 2.27. The Morgan fingerprint density at radius 3 is 0.417 bits per heavy atom. The van der Waals surface area contributed by atoms with Crippen molar-refractivity contribution in [1.29, 1.82) is 0 Å². The molecule has 0 saturated heterocycles. The van der Waals surface area contributed by atoms with Crippen LogP contribution in [0.1, 0.15) is 0 Å². The number of rotatable bonds is 12. The molecule has 0 bridgehead atoms. The van der Waals surface area contributed by atoms with Gasteiger partial charge < -0.3 is 31.9 Å². The van der Waals surface area contributed by atoms with Gasteiger partial charge in [-0.05, 0) is 146 Å². The highest BCUT2D eigenvalue weighted by Gasteiger charge is 2.02. The third kappa shape index (κ3) is 8.33. The molecule has 0 aliphatic carbocycles. The molecule has 0 aromatic heterocycles. The highest BCUT2D eigenvalue weighted by atomic mass is 14.9. The summed E-state index contributed by atoms with van der Waals surface area (Å²) < 4.78 is 0. The van der Waals surface area contributed by atoms with E-state index in [2.05, 4.69) is 177 Å². The number of hydrogen-bond donors (Lipinski definition) is 6. The Morgan fingerprint density at radius 1 is 0.146 bits per heavy atom. The summed E-state index contributed by atoms with van der Waals surface area (Å²) in [4.78, 5) is 0. The maximum Gasteiger partial charge on any atom is 0.0385 e. The molecule has 0 aliphatic heterocycles. The van der Waals surface area contributed by atoms with Crippen molar-refractivity contribution in [2.45, 2.75) is 0 Å². The smallest absolute Gasteiger partial charge is 0.0385 e. The van der Waals surface area contributed by atoms with Crippen molar-refractivity contribution in [2.75, 3.05) is 31.9 Å². The third-order valence-corrected chi connectivity index (χ3v) is 7.70. The lowest BCUT2D eigenvalue weighted by atomic mass is 10.2. The SMILES string of the molecule is c1ccc(Nc2ccc(Nc3ccc(Nc4ccc(Nc5ccc(Nc6ccc(Nc7ccccc7)cc6)cc5)cc4)cc3)cc2)cc1. The largest absolute Gasteiger partial charge is 0.356 e. The zero-order valence-corrected chi connectivity index (χ0v) is 26.3. The minimum Gasteiger partial charge on any atom is -0.356 e. The lowest BCUT2D eigenvalue weighted by Crippen LogP contribution is -1.95. The second-order valence-electron chi connectivity index (χ2n) is 11.4. The fourth-order valence-corrected chi connectivity index (χ4v) is 5.23. The van der Waals surface area contributed by atoms with E-state index in [0.29, 0.717) is 0 Å². The molecule has 0 unspecified atom stereocenters. The molecule has 0 heterocycles. The lowest BCUT2D eigenvalue weighted by molar-refractivity contribution is 1.49. The van der Waals surface area contributed by atoms with Crippen LogP contribution >= 0.6 is 0 Å². The Kier molecular flexibility index (Phi) is 9.15. The first-order valence-corrected chi connectivity index (χ1v) is 15.9. The third-order valence-electron chi connectivity index (χ3n) is 7.70. The van der Waals surface area contributed by atoms with E-state index in [-0.39, 0.29) is 0 Å². The Hall–Kier alpha value is -6.66. The summed E-state index contributed by atoms with van der Waals surface area (Å²) in [6.45, 7) is 0. The monoisotopic (exact) mass is 624 g/mol. The summed E-state index contributed by atoms with van der Waals surface area (Å²) >= 11 is 0. The standard InChI is InChI=1S/C42H36N6/c1-3-7-31(8-4-1)43-33-11-15-35(16-12-33)45-37-19-23-39(24-20-37)47-41-27-29-42(30-28-41)48-40-25-21-38(22-26-40)46-36-17-13-34(14-18-36)44-32-9-5-2-6-10-32/h1-30,43-48H. The van der Waals surface area contributed by atoms with E-state index < -0.39 is 0 Å². The van der Waals surface area contributed by atoms with Crippen LogP contribution in [-0.4, -0.2) is 0 Å². The molecular formula is C42H36N6. The molecule has 6 heteroatoms. The van der Waals surface area contributed by atoms with Gasteiger partial charge in [-0.3, -0.25) is 0 Å². The summed E-state index contributed by atoms with van der Waals surface area (Å²) in [5, 5.41) is 20.7. The van der Waals surface area contributed by atoms with Crippen LogP contribution < -0.4 is 31.9 Å². The Balaban J connectivity index is 0.875. The van der Waals surface area contributed by atoms with Crippen LogP contribution in [0.5, 0.6) is 0 Å². The summed E-state index contributed by atoms with van der Waals surface area (Å²) in [5.74, 6) is 0. The van der Waals surface area contributed by atoms with Crippen LogP contribution in [0.4, 0.5) is 68.2 Å². The van der Waals surface area contributed by atoms with Crippen LogP contribution in [0.3, 0.4) is 0 Å². The van der Waals surface area contributed by atoms with Crippen LogP contribution in [0, 0.1) is 0 Å². The molecular weight excluding hydrogens is 589 g/mol. The highest BCUT2D eigenvalue weighted by molar-refractivity contribution is 5.71. The average Bonchev–Trinajstić information content (AvgIpc) is 3.13. The number of hydrogen-bond acceptors (Lipinski definition) is 6. The minimum absolute atomic E-state index is 1.02. The van der Waals surface area contributed by atoms with Gasteiger partial charge in [0.25, 0.3) is 0 Å². The van der Waals surface area contributed by atoms with E-state index in [9.17, 15) is 0 Å². The second-order valence-corrected chi connectivity index (χ2v) is 11.4. The predicted octanol–water partition coefficient (Wildman–Crippen LogP) is 12.1. The van der Waals surface area contributed by atoms with Crippen molar-refractivity contribution in [3.63, 3.8) is 0 Å². The van der Waals surface area contributed by atoms with Crippen LogP contribution in [0.15, 0.2) is 182 Å². The molecule has 6 N–H and O–H groups in total. The molecule has 0 amide bonds. The predicted molar refractivity (Wildman–Crippen MR) is 205 cm³/mol. The molecule has 7 rings (SSSR count). The van der Waals surface area contributed by atoms with Gasteiger partial charge in [0.15, 0.2) is 0 Å². The Labute approximate surface area is 281 Å². The molecule has 7 aromatic carbocycles. The first-order chi connectivity index (χ1) is 23.7. The van der Waals surface area contributed by atoms with Gasteiger partial charge >= 0.3 is 0 Å². The fourth-order valence-electron chi connectivity index (χ4n) is 5.23. The quantitative estimate of drug-likeness (QED) is 0.0813. The minimum atomic E-state index is 1.02. The van der Waals surface area contributed by atoms with E-state index in [4.69, 9.17) is 0 Å². The van der Waals surface area contributed by atoms with Crippen molar-refractivity contribution in [3.8, 4) is 0 Å². The summed E-state index contributed by atoms with van der Waals surface area (Å²) in [6.07, 6.45) is 0. The van der Waals surface area contributed by atoms with Crippen LogP contribution in [-0.2, 0) is 0 Å². The number of nitrogens with one attached hydrogen (secondary N) is 6. The van der Waals surface area contributed by atoms with Crippen molar-refractivity contribution in [3.05, 3.63) is 182 Å². The van der Waals surface area contributed by atoms with E-state index >= 15 is 0 Å². The van der Waals surface area contributed by atoms with Crippen molar-refractivity contribution in [2.24, 2.45) is 0 Å². The summed E-state index contributed by atoms with van der Waals surface area (Å²) in [7, 11) is 0. The van der Waals surface area contributed by atoms with Crippen molar-refractivity contribution >= 4 is 68.2 Å². The molecule has 0 aliphatic rings. The average molecular weight is 625 g/mol. The molecule has 0 saturated carbocycles. The Morgan fingerprint density at radius 2 is 0.271 bits per heavy atom. The topological polar surface area (TPSA) is 72.2 Å². The first-order valence-electron chi connectivity index (χ1n) is 15.9. The Bertz CT molecular complexity index is 1860. The van der Waals surface area contributed by atoms with Gasteiger partial charge in [-0.15, -0.1) is 0 Å². The number of benzene rings is 7. The van der Waals surface area contributed by atoms with Gasteiger partial charge in [0.05, 0.1) is 0 Å². The number of anilines is 12. The van der Waals surface area contributed by atoms with E-state index in [1.807, 2.05) is 36.4 Å². The summed E-state index contributed by atoms with van der Waals surface area (Å²) in [5.41, 5.74) is 12.4. The molecule has 48 heavy (non-hydrogen) atoms. The maximum absolute atomic E-state index is 3.49. The second kappa shape index (κ2) is 14.6. The van der Waals surface area contributed by atoms with E-state index in [0.717, 1.165) is 68.2 Å².